The Morgan fingerprint density at radius 3 is 2.33 bits per heavy atom. The molecule has 2 nitrogen and oxygen atoms in total. The van der Waals surface area contributed by atoms with Crippen LogP contribution in [0.5, 0.6) is 0 Å². The van der Waals surface area contributed by atoms with Crippen LogP contribution in [0.25, 0.3) is 0 Å². The zero-order valence-electron chi connectivity index (χ0n) is 12.2. The van der Waals surface area contributed by atoms with Crippen molar-refractivity contribution in [2.45, 2.75) is 44.9 Å². The van der Waals surface area contributed by atoms with Gasteiger partial charge in [-0.15, -0.1) is 0 Å². The molecule has 0 bridgehead atoms. The van der Waals surface area contributed by atoms with Crippen LogP contribution in [0, 0.1) is 5.82 Å². The number of halogens is 4. The molecule has 1 heterocycles. The van der Waals surface area contributed by atoms with Gasteiger partial charge in [-0.2, -0.15) is 13.2 Å². The number of piperidine rings is 1. The van der Waals surface area contributed by atoms with Crippen LogP contribution in [0.15, 0.2) is 18.2 Å². The molecule has 0 amide bonds. The highest BCUT2D eigenvalue weighted by Crippen LogP contribution is 2.33. The molecule has 2 rings (SSSR count). The van der Waals surface area contributed by atoms with Crippen molar-refractivity contribution in [3.8, 4) is 0 Å². The minimum Gasteiger partial charge on any atom is -0.382 e. The largest absolute Gasteiger partial charge is 0.419 e. The highest BCUT2D eigenvalue weighted by molar-refractivity contribution is 5.48. The van der Waals surface area contributed by atoms with Crippen LogP contribution in [0.2, 0.25) is 0 Å². The van der Waals surface area contributed by atoms with E-state index in [2.05, 4.69) is 24.1 Å². The molecule has 0 saturated carbocycles. The van der Waals surface area contributed by atoms with Gasteiger partial charge in [0.25, 0.3) is 0 Å². The minimum atomic E-state index is -4.66. The predicted octanol–water partition coefficient (Wildman–Crippen LogP) is 4.13. The molecule has 1 aliphatic heterocycles. The quantitative estimate of drug-likeness (QED) is 0.845. The fourth-order valence-corrected chi connectivity index (χ4v) is 2.63. The average Bonchev–Trinajstić information content (AvgIpc) is 2.40. The van der Waals surface area contributed by atoms with Crippen molar-refractivity contribution in [1.29, 1.82) is 0 Å². The molecule has 1 aliphatic rings. The third-order valence-electron chi connectivity index (χ3n) is 3.90. The highest BCUT2D eigenvalue weighted by Gasteiger charge is 2.34. The van der Waals surface area contributed by atoms with Crippen LogP contribution in [0.1, 0.15) is 32.3 Å². The minimum absolute atomic E-state index is 0.131. The van der Waals surface area contributed by atoms with Crippen LogP contribution in [-0.2, 0) is 6.18 Å². The molecule has 1 fully saturated rings. The Morgan fingerprint density at radius 1 is 1.19 bits per heavy atom. The third-order valence-corrected chi connectivity index (χ3v) is 3.90. The third kappa shape index (κ3) is 4.09. The summed E-state index contributed by atoms with van der Waals surface area (Å²) in [5.41, 5.74) is -0.890. The van der Waals surface area contributed by atoms with Crippen LogP contribution in [0.4, 0.5) is 23.2 Å². The van der Waals surface area contributed by atoms with Gasteiger partial charge in [0.15, 0.2) is 0 Å². The molecule has 0 spiro atoms. The van der Waals surface area contributed by atoms with Crippen LogP contribution >= 0.6 is 0 Å². The van der Waals surface area contributed by atoms with E-state index in [1.807, 2.05) is 0 Å². The first kappa shape index (κ1) is 16.1. The van der Waals surface area contributed by atoms with Gasteiger partial charge in [-0.3, -0.25) is 0 Å². The van der Waals surface area contributed by atoms with Crippen molar-refractivity contribution in [3.63, 3.8) is 0 Å². The zero-order valence-corrected chi connectivity index (χ0v) is 12.2. The Bertz CT molecular complexity index is 477. The molecule has 1 N–H and O–H groups in total. The summed E-state index contributed by atoms with van der Waals surface area (Å²) in [6.07, 6.45) is -2.92. The number of likely N-dealkylation sites (tertiary alicyclic amines) is 1. The highest BCUT2D eigenvalue weighted by atomic mass is 19.4. The second-order valence-electron chi connectivity index (χ2n) is 5.74. The number of nitrogens with zero attached hydrogens (tertiary/aromatic N) is 1. The van der Waals surface area contributed by atoms with Crippen LogP contribution in [0.3, 0.4) is 0 Å². The van der Waals surface area contributed by atoms with Crippen molar-refractivity contribution in [2.24, 2.45) is 0 Å². The first-order chi connectivity index (χ1) is 9.77. The van der Waals surface area contributed by atoms with Crippen molar-refractivity contribution < 1.29 is 17.6 Å². The van der Waals surface area contributed by atoms with Crippen molar-refractivity contribution >= 4 is 5.69 Å². The number of anilines is 1. The second kappa shape index (κ2) is 6.22. The van der Waals surface area contributed by atoms with Gasteiger partial charge in [-0.25, -0.2) is 4.39 Å². The number of rotatable bonds is 3. The molecule has 1 aromatic rings. The normalized spacial score (nSPS) is 18.2. The summed E-state index contributed by atoms with van der Waals surface area (Å²) < 4.78 is 51.2. The Labute approximate surface area is 122 Å². The lowest BCUT2D eigenvalue weighted by Gasteiger charge is -2.35. The van der Waals surface area contributed by atoms with Crippen molar-refractivity contribution in [2.75, 3.05) is 18.4 Å². The molecule has 1 saturated heterocycles. The Balaban J connectivity index is 2.01. The van der Waals surface area contributed by atoms with Gasteiger partial charge >= 0.3 is 6.18 Å². The van der Waals surface area contributed by atoms with Crippen molar-refractivity contribution in [3.05, 3.63) is 29.6 Å². The standard InChI is InChI=1S/C15H20F4N2/c1-10(2)21-7-5-11(6-8-21)20-12-3-4-14(16)13(9-12)15(17,18)19/h3-4,9-11,20H,5-8H2,1-2H3. The summed E-state index contributed by atoms with van der Waals surface area (Å²) in [6, 6.07) is 3.69. The number of benzene rings is 1. The van der Waals surface area contributed by atoms with Crippen molar-refractivity contribution in [1.82, 2.24) is 4.90 Å². The summed E-state index contributed by atoms with van der Waals surface area (Å²) in [7, 11) is 0. The molecule has 21 heavy (non-hydrogen) atoms. The molecule has 0 aromatic heterocycles. The van der Waals surface area contributed by atoms with Gasteiger partial charge in [0.05, 0.1) is 5.56 Å². The number of nitrogens with one attached hydrogen (secondary N) is 1. The molecule has 0 unspecified atom stereocenters. The fraction of sp³-hybridized carbons (Fsp3) is 0.600. The molecular formula is C15H20F4N2. The second-order valence-corrected chi connectivity index (χ2v) is 5.74. The van der Waals surface area contributed by atoms with E-state index in [4.69, 9.17) is 0 Å². The van der Waals surface area contributed by atoms with E-state index in [9.17, 15) is 17.6 Å². The monoisotopic (exact) mass is 304 g/mol. The predicted molar refractivity (Wildman–Crippen MR) is 74.8 cm³/mol. The van der Waals surface area contributed by atoms with E-state index < -0.39 is 17.6 Å². The smallest absolute Gasteiger partial charge is 0.382 e. The first-order valence-corrected chi connectivity index (χ1v) is 7.14. The van der Waals surface area contributed by atoms with E-state index in [1.54, 1.807) is 0 Å². The van der Waals surface area contributed by atoms with E-state index in [1.165, 1.54) is 6.07 Å². The fourth-order valence-electron chi connectivity index (χ4n) is 2.63. The van der Waals surface area contributed by atoms with Gasteiger partial charge in [0, 0.05) is 30.9 Å². The SMILES string of the molecule is CC(C)N1CCC(Nc2ccc(F)c(C(F)(F)F)c2)CC1. The first-order valence-electron chi connectivity index (χ1n) is 7.14. The van der Waals surface area contributed by atoms with Gasteiger partial charge in [-0.05, 0) is 44.9 Å². The van der Waals surface area contributed by atoms with Crippen LogP contribution in [-0.4, -0.2) is 30.1 Å². The Kier molecular flexibility index (Phi) is 4.76. The van der Waals surface area contributed by atoms with E-state index in [0.29, 0.717) is 11.7 Å². The Hall–Kier alpha value is -1.30. The number of hydrogen-bond acceptors (Lipinski definition) is 2. The maximum atomic E-state index is 13.2. The molecule has 118 valence electrons. The lowest BCUT2D eigenvalue weighted by molar-refractivity contribution is -0.139. The number of hydrogen-bond donors (Lipinski definition) is 1. The summed E-state index contributed by atoms with van der Waals surface area (Å²) in [6.45, 7) is 6.10. The summed E-state index contributed by atoms with van der Waals surface area (Å²) in [5, 5.41) is 3.09. The Morgan fingerprint density at radius 2 is 1.81 bits per heavy atom. The topological polar surface area (TPSA) is 15.3 Å². The molecule has 0 atom stereocenters. The van der Waals surface area contributed by atoms with Gasteiger partial charge in [-0.1, -0.05) is 0 Å². The van der Waals surface area contributed by atoms with E-state index in [0.717, 1.165) is 38.1 Å². The summed E-state index contributed by atoms with van der Waals surface area (Å²) in [4.78, 5) is 2.34. The molecular weight excluding hydrogens is 284 g/mol. The van der Waals surface area contributed by atoms with Gasteiger partial charge in [0.2, 0.25) is 0 Å². The molecule has 0 aliphatic carbocycles. The zero-order chi connectivity index (χ0) is 15.6. The lowest BCUT2D eigenvalue weighted by Crippen LogP contribution is -2.42. The van der Waals surface area contributed by atoms with E-state index in [-0.39, 0.29) is 6.04 Å². The number of alkyl halides is 3. The van der Waals surface area contributed by atoms with E-state index >= 15 is 0 Å². The maximum absolute atomic E-state index is 13.2. The summed E-state index contributed by atoms with van der Waals surface area (Å²) >= 11 is 0. The average molecular weight is 304 g/mol. The molecule has 6 heteroatoms. The van der Waals surface area contributed by atoms with Gasteiger partial charge < -0.3 is 10.2 Å². The molecule has 1 aromatic carbocycles. The van der Waals surface area contributed by atoms with Gasteiger partial charge in [0.1, 0.15) is 5.82 Å². The maximum Gasteiger partial charge on any atom is 0.419 e. The molecule has 0 radical (unpaired) electrons. The summed E-state index contributed by atoms with van der Waals surface area (Å²) in [5.74, 6) is -1.23. The van der Waals surface area contributed by atoms with Crippen LogP contribution < -0.4 is 5.32 Å². The lowest BCUT2D eigenvalue weighted by atomic mass is 10.0.